The number of nitrogens with one attached hydrogen (secondary N) is 7. The lowest BCUT2D eigenvalue weighted by Gasteiger charge is -2.29. The number of carboxylic acid groups (broad SMARTS) is 1. The highest BCUT2D eigenvalue weighted by Gasteiger charge is 2.36. The highest BCUT2D eigenvalue weighted by Crippen LogP contribution is 2.25. The number of nitrogens with two attached hydrogens (primary N) is 2. The summed E-state index contributed by atoms with van der Waals surface area (Å²) in [7, 11) is 2.07. The molecule has 22 heteroatoms. The predicted molar refractivity (Wildman–Crippen MR) is 283 cm³/mol. The SMILES string of the molecule is CC(C)[C@H](NC(=O)[C@@H]1CSSC[C@H](NC(=O)[C@H](C)N)C(=O)N[C@@H](Cc2ccccc2)C(=O)N[C@@H](Cc2ccc(-c3ccsc3)cc2)C(=O)N[C@@H](CCCCN)C(=O)N[C@@H](Cc2ccc(O)cc2)C(=O)N1)C(=O)O. The van der Waals surface area contributed by atoms with Crippen LogP contribution < -0.4 is 48.7 Å². The standard InChI is InChI=1S/C51H65N9O10S3/c1-29(2)43(51(69)70)60-50(68)42-28-73-72-27-41(58-44(62)30(3)53)49(67)57-38(23-31-9-5-4-6-10-31)47(65)56-39(24-32-12-16-34(17-13-32)35-20-22-71-26-35)46(64)54-37(11-7-8-21-52)45(63)55-40(48(66)59-42)25-33-14-18-36(61)19-15-33/h4-6,9-10,12-20,22,26,29-30,37-43,61H,7-8,11,21,23-25,27-28,52-53H2,1-3H3,(H,54,64)(H,55,63)(H,56,65)(H,57,67)(H,58,62)(H,59,66)(H,60,68)(H,69,70)/t30-,37-,38-,39-,40-,41-,42-,43-/m0/s1. The molecule has 1 fully saturated rings. The van der Waals surface area contributed by atoms with Crippen LogP contribution in [0.1, 0.15) is 56.7 Å². The van der Waals surface area contributed by atoms with Crippen LogP contribution in [-0.4, -0.2) is 124 Å². The van der Waals surface area contributed by atoms with Gasteiger partial charge in [-0.3, -0.25) is 33.6 Å². The molecule has 1 aliphatic heterocycles. The van der Waals surface area contributed by atoms with Crippen LogP contribution in [0.2, 0.25) is 0 Å². The first-order chi connectivity index (χ1) is 34.9. The number of thiophene rings is 1. The molecule has 0 saturated carbocycles. The molecule has 1 aromatic heterocycles. The molecule has 19 nitrogen and oxygen atoms in total. The van der Waals surface area contributed by atoms with E-state index in [4.69, 9.17) is 11.5 Å². The summed E-state index contributed by atoms with van der Waals surface area (Å²) in [5.74, 6) is -7.67. The minimum atomic E-state index is -1.42. The average Bonchev–Trinajstić information content (AvgIpc) is 3.91. The average molecular weight is 1060 g/mol. The van der Waals surface area contributed by atoms with Gasteiger partial charge in [-0.05, 0) is 95.4 Å². The van der Waals surface area contributed by atoms with Crippen LogP contribution in [-0.2, 0) is 57.6 Å². The van der Waals surface area contributed by atoms with E-state index < -0.39 is 102 Å². The summed E-state index contributed by atoms with van der Waals surface area (Å²) >= 11 is 1.54. The van der Waals surface area contributed by atoms with Gasteiger partial charge in [0.15, 0.2) is 0 Å². The van der Waals surface area contributed by atoms with Crippen molar-refractivity contribution in [2.75, 3.05) is 18.1 Å². The van der Waals surface area contributed by atoms with Gasteiger partial charge >= 0.3 is 5.97 Å². The van der Waals surface area contributed by atoms with Gasteiger partial charge in [-0.15, -0.1) is 0 Å². The predicted octanol–water partition coefficient (Wildman–Crippen LogP) is 2.15. The Kier molecular flexibility index (Phi) is 22.6. The second-order valence-corrected chi connectivity index (χ2v) is 21.4. The molecule has 1 aliphatic rings. The van der Waals surface area contributed by atoms with E-state index in [1.54, 1.807) is 67.6 Å². The molecule has 392 valence electrons. The van der Waals surface area contributed by atoms with E-state index in [2.05, 4.69) is 37.2 Å². The van der Waals surface area contributed by atoms with Gasteiger partial charge in [0.25, 0.3) is 0 Å². The van der Waals surface area contributed by atoms with Crippen molar-refractivity contribution in [3.05, 3.63) is 112 Å². The number of phenols is 1. The van der Waals surface area contributed by atoms with Gasteiger partial charge < -0.3 is 58.9 Å². The summed E-state index contributed by atoms with van der Waals surface area (Å²) in [5, 5.41) is 43.0. The number of hydrogen-bond donors (Lipinski definition) is 11. The van der Waals surface area contributed by atoms with Gasteiger partial charge in [0.05, 0.1) is 6.04 Å². The topological polar surface area (TPSA) is 313 Å². The number of carboxylic acids is 1. The first-order valence-electron chi connectivity index (χ1n) is 23.9. The normalized spacial score (nSPS) is 21.5. The molecule has 7 amide bonds. The zero-order valence-electron chi connectivity index (χ0n) is 40.8. The van der Waals surface area contributed by atoms with Crippen molar-refractivity contribution in [3.63, 3.8) is 0 Å². The zero-order chi connectivity index (χ0) is 53.0. The van der Waals surface area contributed by atoms with E-state index in [1.807, 2.05) is 41.1 Å². The molecule has 0 bridgehead atoms. The monoisotopic (exact) mass is 1060 g/mol. The van der Waals surface area contributed by atoms with E-state index in [0.717, 1.165) is 32.7 Å². The summed E-state index contributed by atoms with van der Waals surface area (Å²) < 4.78 is 0. The number of carbonyl (C=O) groups is 8. The van der Waals surface area contributed by atoms with E-state index in [1.165, 1.54) is 19.1 Å². The van der Waals surface area contributed by atoms with Crippen molar-refractivity contribution in [2.24, 2.45) is 17.4 Å². The third-order valence-electron chi connectivity index (χ3n) is 11.8. The molecule has 5 rings (SSSR count). The van der Waals surface area contributed by atoms with E-state index in [-0.39, 0.29) is 49.5 Å². The van der Waals surface area contributed by atoms with Crippen LogP contribution in [0.3, 0.4) is 0 Å². The Morgan fingerprint density at radius 3 is 1.71 bits per heavy atom. The third-order valence-corrected chi connectivity index (χ3v) is 15.0. The van der Waals surface area contributed by atoms with E-state index in [0.29, 0.717) is 29.5 Å². The number of benzene rings is 3. The minimum Gasteiger partial charge on any atom is -0.508 e. The minimum absolute atomic E-state index is 0.0331. The molecule has 8 atom stereocenters. The number of aromatic hydroxyl groups is 1. The number of hydrogen-bond acceptors (Lipinski definition) is 14. The fourth-order valence-electron chi connectivity index (χ4n) is 7.63. The van der Waals surface area contributed by atoms with Gasteiger partial charge in [-0.25, -0.2) is 4.79 Å². The lowest BCUT2D eigenvalue weighted by Crippen LogP contribution is -2.61. The lowest BCUT2D eigenvalue weighted by molar-refractivity contribution is -0.143. The highest BCUT2D eigenvalue weighted by atomic mass is 33.1. The largest absolute Gasteiger partial charge is 0.508 e. The van der Waals surface area contributed by atoms with Gasteiger partial charge in [0.1, 0.15) is 48.0 Å². The molecule has 2 heterocycles. The van der Waals surface area contributed by atoms with Crippen molar-refractivity contribution in [3.8, 4) is 16.9 Å². The number of aliphatic carboxylic acids is 1. The first-order valence-corrected chi connectivity index (χ1v) is 27.3. The Morgan fingerprint density at radius 2 is 1.18 bits per heavy atom. The van der Waals surface area contributed by atoms with Crippen LogP contribution in [0.5, 0.6) is 5.75 Å². The van der Waals surface area contributed by atoms with Crippen molar-refractivity contribution in [1.82, 2.24) is 37.2 Å². The maximum Gasteiger partial charge on any atom is 0.326 e. The van der Waals surface area contributed by atoms with Crippen molar-refractivity contribution in [2.45, 2.75) is 108 Å². The molecular formula is C51H65N9O10S3. The fourth-order valence-corrected chi connectivity index (χ4v) is 10.6. The molecular weight excluding hydrogens is 995 g/mol. The number of carbonyl (C=O) groups excluding carboxylic acids is 7. The summed E-state index contributed by atoms with van der Waals surface area (Å²) in [6.07, 6.45) is 0.661. The quantitative estimate of drug-likeness (QED) is 0.0534. The fraction of sp³-hybridized carbons (Fsp3) is 0.412. The van der Waals surface area contributed by atoms with Crippen LogP contribution >= 0.6 is 32.9 Å². The molecule has 0 unspecified atom stereocenters. The second-order valence-electron chi connectivity index (χ2n) is 18.1. The van der Waals surface area contributed by atoms with E-state index >= 15 is 0 Å². The van der Waals surface area contributed by atoms with Crippen LogP contribution in [0, 0.1) is 5.92 Å². The molecule has 4 aromatic rings. The first kappa shape index (κ1) is 57.4. The van der Waals surface area contributed by atoms with E-state index in [9.17, 15) is 48.6 Å². The molecule has 13 N–H and O–H groups in total. The highest BCUT2D eigenvalue weighted by molar-refractivity contribution is 8.76. The molecule has 0 aliphatic carbocycles. The van der Waals surface area contributed by atoms with Crippen LogP contribution in [0.25, 0.3) is 11.1 Å². The molecule has 1 saturated heterocycles. The third kappa shape index (κ3) is 18.2. The Morgan fingerprint density at radius 1 is 0.658 bits per heavy atom. The molecule has 0 spiro atoms. The molecule has 0 radical (unpaired) electrons. The van der Waals surface area contributed by atoms with Gasteiger partial charge in [-0.1, -0.05) is 102 Å². The van der Waals surface area contributed by atoms with Crippen molar-refractivity contribution in [1.29, 1.82) is 0 Å². The Balaban J connectivity index is 1.59. The summed E-state index contributed by atoms with van der Waals surface area (Å²) in [5.41, 5.74) is 15.5. The number of unbranched alkanes of at least 4 members (excludes halogenated alkanes) is 1. The van der Waals surface area contributed by atoms with Gasteiger partial charge in [0.2, 0.25) is 41.4 Å². The maximum absolute atomic E-state index is 14.8. The van der Waals surface area contributed by atoms with Gasteiger partial charge in [-0.2, -0.15) is 11.3 Å². The Labute approximate surface area is 436 Å². The van der Waals surface area contributed by atoms with Crippen LogP contribution in [0.4, 0.5) is 0 Å². The molecule has 73 heavy (non-hydrogen) atoms. The van der Waals surface area contributed by atoms with Crippen molar-refractivity contribution < 1.29 is 48.6 Å². The van der Waals surface area contributed by atoms with Crippen LogP contribution in [0.15, 0.2) is 95.7 Å². The Bertz CT molecular complexity index is 2480. The summed E-state index contributed by atoms with van der Waals surface area (Å²) in [4.78, 5) is 112. The second kappa shape index (κ2) is 28.7. The number of phenolic OH excluding ortho intramolecular Hbond substituents is 1. The number of amides is 7. The smallest absolute Gasteiger partial charge is 0.326 e. The zero-order valence-corrected chi connectivity index (χ0v) is 43.3. The summed E-state index contributed by atoms with van der Waals surface area (Å²) in [6, 6.07) is 13.7. The lowest BCUT2D eigenvalue weighted by atomic mass is 9.99. The van der Waals surface area contributed by atoms with Gasteiger partial charge in [0, 0.05) is 30.8 Å². The van der Waals surface area contributed by atoms with Crippen molar-refractivity contribution >= 4 is 80.2 Å². The number of rotatable bonds is 17. The molecule has 3 aromatic carbocycles. The summed E-state index contributed by atoms with van der Waals surface area (Å²) in [6.45, 7) is 4.91. The maximum atomic E-state index is 14.8. The Hall–Kier alpha value is -6.46.